The number of hydrogen-bond donors (Lipinski definition) is 1. The zero-order chi connectivity index (χ0) is 23.3. The van der Waals surface area contributed by atoms with Crippen molar-refractivity contribution in [2.45, 2.75) is 26.3 Å². The van der Waals surface area contributed by atoms with Gasteiger partial charge in [0.1, 0.15) is 30.7 Å². The molecule has 4 rings (SSSR count). The van der Waals surface area contributed by atoms with E-state index in [2.05, 4.69) is 15.4 Å². The molecule has 1 N–H and O–H groups in total. The number of carbonyl (C=O) groups is 2. The van der Waals surface area contributed by atoms with Crippen LogP contribution < -0.4 is 10.1 Å². The second-order valence-corrected chi connectivity index (χ2v) is 8.49. The Balaban J connectivity index is 1.36. The monoisotopic (exact) mass is 465 g/mol. The number of nitrogens with one attached hydrogen (secondary N) is 1. The molecule has 1 aliphatic rings. The fraction of sp³-hybridized carbons (Fsp3) is 0.250. The van der Waals surface area contributed by atoms with Crippen molar-refractivity contribution in [1.29, 1.82) is 0 Å². The molecule has 170 valence electrons. The highest BCUT2D eigenvalue weighted by Crippen LogP contribution is 2.31. The molecule has 0 saturated carbocycles. The number of ether oxygens (including phenoxy) is 1. The summed E-state index contributed by atoms with van der Waals surface area (Å²) in [6.45, 7) is 2.53. The van der Waals surface area contributed by atoms with E-state index in [-0.39, 0.29) is 18.4 Å². The molecule has 2 amide bonds. The minimum atomic E-state index is -0.735. The SMILES string of the molecule is CC1(C(=O)Nc2ccc(Oc3ccc(Cl)cc3)cc2)C=CN(C(=O)Cn2cncn2)CCC1. The summed E-state index contributed by atoms with van der Waals surface area (Å²) < 4.78 is 7.27. The minimum Gasteiger partial charge on any atom is -0.457 e. The van der Waals surface area contributed by atoms with Crippen LogP contribution in [0.1, 0.15) is 19.8 Å². The summed E-state index contributed by atoms with van der Waals surface area (Å²) in [5.74, 6) is 1.10. The molecule has 1 aromatic heterocycles. The molecule has 0 aliphatic carbocycles. The van der Waals surface area contributed by atoms with E-state index in [0.29, 0.717) is 41.6 Å². The maximum atomic E-state index is 13.1. The van der Waals surface area contributed by atoms with Gasteiger partial charge in [0.15, 0.2) is 0 Å². The number of halogens is 1. The van der Waals surface area contributed by atoms with E-state index < -0.39 is 5.41 Å². The van der Waals surface area contributed by atoms with Gasteiger partial charge in [-0.1, -0.05) is 17.7 Å². The molecule has 33 heavy (non-hydrogen) atoms. The zero-order valence-electron chi connectivity index (χ0n) is 18.1. The third-order valence-electron chi connectivity index (χ3n) is 5.48. The quantitative estimate of drug-likeness (QED) is 0.578. The molecule has 0 bridgehead atoms. The first-order valence-electron chi connectivity index (χ1n) is 10.6. The highest BCUT2D eigenvalue weighted by molar-refractivity contribution is 6.30. The molecule has 1 unspecified atom stereocenters. The third-order valence-corrected chi connectivity index (χ3v) is 5.73. The Morgan fingerprint density at radius 2 is 1.82 bits per heavy atom. The van der Waals surface area contributed by atoms with Gasteiger partial charge in [-0.2, -0.15) is 5.10 Å². The van der Waals surface area contributed by atoms with Gasteiger partial charge in [0, 0.05) is 23.5 Å². The maximum absolute atomic E-state index is 13.1. The van der Waals surface area contributed by atoms with Gasteiger partial charge in [0.25, 0.3) is 0 Å². The van der Waals surface area contributed by atoms with Gasteiger partial charge < -0.3 is 15.0 Å². The lowest BCUT2D eigenvalue weighted by Crippen LogP contribution is -2.31. The summed E-state index contributed by atoms with van der Waals surface area (Å²) in [7, 11) is 0. The Hall–Kier alpha value is -3.65. The second-order valence-electron chi connectivity index (χ2n) is 8.05. The molecular formula is C24H24ClN5O3. The van der Waals surface area contributed by atoms with E-state index in [1.807, 2.05) is 6.92 Å². The van der Waals surface area contributed by atoms with Crippen LogP contribution in [0.2, 0.25) is 5.02 Å². The lowest BCUT2D eigenvalue weighted by Gasteiger charge is -2.23. The summed E-state index contributed by atoms with van der Waals surface area (Å²) >= 11 is 5.90. The summed E-state index contributed by atoms with van der Waals surface area (Å²) in [6.07, 6.45) is 7.72. The number of carbonyl (C=O) groups excluding carboxylic acids is 2. The highest BCUT2D eigenvalue weighted by atomic mass is 35.5. The predicted molar refractivity (Wildman–Crippen MR) is 125 cm³/mol. The van der Waals surface area contributed by atoms with Crippen molar-refractivity contribution in [1.82, 2.24) is 19.7 Å². The van der Waals surface area contributed by atoms with Gasteiger partial charge in [-0.15, -0.1) is 0 Å². The minimum absolute atomic E-state index is 0.0994. The van der Waals surface area contributed by atoms with E-state index in [9.17, 15) is 9.59 Å². The van der Waals surface area contributed by atoms with Crippen molar-refractivity contribution >= 4 is 29.1 Å². The molecule has 0 saturated heterocycles. The van der Waals surface area contributed by atoms with Gasteiger partial charge in [-0.05, 0) is 68.3 Å². The zero-order valence-corrected chi connectivity index (χ0v) is 18.9. The fourth-order valence-electron chi connectivity index (χ4n) is 3.49. The van der Waals surface area contributed by atoms with Gasteiger partial charge >= 0.3 is 0 Å². The van der Waals surface area contributed by atoms with Crippen molar-refractivity contribution in [2.24, 2.45) is 5.41 Å². The Morgan fingerprint density at radius 3 is 2.48 bits per heavy atom. The average molecular weight is 466 g/mol. The van der Waals surface area contributed by atoms with Gasteiger partial charge in [0.05, 0.1) is 5.41 Å². The van der Waals surface area contributed by atoms with E-state index in [1.165, 1.54) is 17.3 Å². The lowest BCUT2D eigenvalue weighted by molar-refractivity contribution is -0.129. The summed E-state index contributed by atoms with van der Waals surface area (Å²) in [5, 5.41) is 7.58. The molecular weight excluding hydrogens is 442 g/mol. The van der Waals surface area contributed by atoms with E-state index in [1.54, 1.807) is 65.7 Å². The van der Waals surface area contributed by atoms with Gasteiger partial charge in [-0.25, -0.2) is 9.67 Å². The molecule has 2 heterocycles. The lowest BCUT2D eigenvalue weighted by atomic mass is 9.85. The molecule has 0 radical (unpaired) electrons. The van der Waals surface area contributed by atoms with Crippen LogP contribution in [-0.4, -0.2) is 38.0 Å². The van der Waals surface area contributed by atoms with Crippen LogP contribution in [0.4, 0.5) is 5.69 Å². The number of aromatic nitrogens is 3. The van der Waals surface area contributed by atoms with Gasteiger partial charge in [0.2, 0.25) is 11.8 Å². The molecule has 1 aliphatic heterocycles. The molecule has 9 heteroatoms. The van der Waals surface area contributed by atoms with Crippen molar-refractivity contribution in [3.8, 4) is 11.5 Å². The molecule has 1 atom stereocenters. The average Bonchev–Trinajstić information content (AvgIpc) is 3.23. The normalized spacial score (nSPS) is 17.9. The van der Waals surface area contributed by atoms with Gasteiger partial charge in [-0.3, -0.25) is 9.59 Å². The topological polar surface area (TPSA) is 89.4 Å². The predicted octanol–water partition coefficient (Wildman–Crippen LogP) is 4.50. The van der Waals surface area contributed by atoms with Crippen LogP contribution in [0.3, 0.4) is 0 Å². The first kappa shape index (κ1) is 22.5. The number of anilines is 1. The Labute approximate surface area is 196 Å². The Bertz CT molecular complexity index is 1130. The number of hydrogen-bond acceptors (Lipinski definition) is 5. The summed E-state index contributed by atoms with van der Waals surface area (Å²) in [4.78, 5) is 31.1. The third kappa shape index (κ3) is 5.78. The first-order valence-corrected chi connectivity index (χ1v) is 11.0. The van der Waals surface area contributed by atoms with E-state index in [0.717, 1.165) is 0 Å². The van der Waals surface area contributed by atoms with Crippen LogP contribution in [0.25, 0.3) is 0 Å². The number of amides is 2. The molecule has 2 aromatic carbocycles. The van der Waals surface area contributed by atoms with Crippen LogP contribution in [0.15, 0.2) is 73.5 Å². The van der Waals surface area contributed by atoms with Crippen molar-refractivity contribution in [2.75, 3.05) is 11.9 Å². The molecule has 3 aromatic rings. The highest BCUT2D eigenvalue weighted by Gasteiger charge is 2.32. The smallest absolute Gasteiger partial charge is 0.248 e. The molecule has 0 fully saturated rings. The molecule has 0 spiro atoms. The Morgan fingerprint density at radius 1 is 1.12 bits per heavy atom. The second kappa shape index (κ2) is 9.87. The van der Waals surface area contributed by atoms with Crippen molar-refractivity contribution in [3.63, 3.8) is 0 Å². The number of rotatable bonds is 6. The van der Waals surface area contributed by atoms with E-state index >= 15 is 0 Å². The first-order chi connectivity index (χ1) is 15.9. The largest absolute Gasteiger partial charge is 0.457 e. The maximum Gasteiger partial charge on any atom is 0.248 e. The van der Waals surface area contributed by atoms with Crippen LogP contribution in [0.5, 0.6) is 11.5 Å². The standard InChI is InChI=1S/C24H24ClN5O3/c1-24(11-2-13-29(14-12-24)22(31)15-30-17-26-16-27-30)23(32)28-19-5-9-21(10-6-19)33-20-7-3-18(25)4-8-20/h3-10,12,14,16-17H,2,11,13,15H2,1H3,(H,28,32). The summed E-state index contributed by atoms with van der Waals surface area (Å²) in [5.41, 5.74) is -0.0674. The van der Waals surface area contributed by atoms with Crippen LogP contribution in [-0.2, 0) is 16.1 Å². The number of nitrogens with zero attached hydrogens (tertiary/aromatic N) is 4. The van der Waals surface area contributed by atoms with Crippen molar-refractivity contribution < 1.29 is 14.3 Å². The van der Waals surface area contributed by atoms with Crippen LogP contribution in [0, 0.1) is 5.41 Å². The molecule has 8 nitrogen and oxygen atoms in total. The fourth-order valence-corrected chi connectivity index (χ4v) is 3.61. The van der Waals surface area contributed by atoms with Crippen molar-refractivity contribution in [3.05, 3.63) is 78.5 Å². The van der Waals surface area contributed by atoms with Crippen LogP contribution >= 0.6 is 11.6 Å². The number of benzene rings is 2. The Kier molecular flexibility index (Phi) is 6.74. The van der Waals surface area contributed by atoms with E-state index in [4.69, 9.17) is 16.3 Å². The summed E-state index contributed by atoms with van der Waals surface area (Å²) in [6, 6.07) is 14.3.